The van der Waals surface area contributed by atoms with Crippen molar-refractivity contribution in [2.45, 2.75) is 19.8 Å². The normalized spacial score (nSPS) is 19.6. The van der Waals surface area contributed by atoms with Gasteiger partial charge in [0.15, 0.2) is 0 Å². The van der Waals surface area contributed by atoms with Crippen LogP contribution in [0.3, 0.4) is 0 Å². The van der Waals surface area contributed by atoms with Gasteiger partial charge in [-0.05, 0) is 37.8 Å². The molecule has 2 nitrogen and oxygen atoms in total. The Morgan fingerprint density at radius 3 is 2.76 bits per heavy atom. The summed E-state index contributed by atoms with van der Waals surface area (Å²) in [7, 11) is 0. The van der Waals surface area contributed by atoms with Crippen LogP contribution < -0.4 is 0 Å². The minimum absolute atomic E-state index is 0.155. The predicted octanol–water partition coefficient (Wildman–Crippen LogP) is 3.09. The van der Waals surface area contributed by atoms with E-state index in [9.17, 15) is 4.79 Å². The van der Waals surface area contributed by atoms with Crippen molar-refractivity contribution in [1.82, 2.24) is 4.90 Å². The Kier molecular flexibility index (Phi) is 4.06. The molecule has 1 unspecified atom stereocenters. The summed E-state index contributed by atoms with van der Waals surface area (Å²) >= 11 is 5.74. The van der Waals surface area contributed by atoms with Crippen LogP contribution in [0.2, 0.25) is 0 Å². The van der Waals surface area contributed by atoms with Crippen LogP contribution in [-0.2, 0) is 0 Å². The average molecular weight is 252 g/mol. The Morgan fingerprint density at radius 1 is 1.41 bits per heavy atom. The molecule has 1 aliphatic heterocycles. The molecule has 1 amide bonds. The Hall–Kier alpha value is -1.02. The van der Waals surface area contributed by atoms with Crippen molar-refractivity contribution >= 4 is 17.5 Å². The number of hydrogen-bond donors (Lipinski definition) is 0. The lowest BCUT2D eigenvalue weighted by Gasteiger charge is -2.16. The fraction of sp³-hybridized carbons (Fsp3) is 0.500. The highest BCUT2D eigenvalue weighted by molar-refractivity contribution is 6.17. The van der Waals surface area contributed by atoms with E-state index in [1.54, 1.807) is 0 Å². The first-order chi connectivity index (χ1) is 8.20. The van der Waals surface area contributed by atoms with Gasteiger partial charge >= 0.3 is 0 Å². The first-order valence-electron chi connectivity index (χ1n) is 6.12. The van der Waals surface area contributed by atoms with Crippen molar-refractivity contribution in [2.24, 2.45) is 5.92 Å². The maximum absolute atomic E-state index is 12.2. The van der Waals surface area contributed by atoms with Crippen molar-refractivity contribution in [3.05, 3.63) is 35.4 Å². The van der Waals surface area contributed by atoms with Gasteiger partial charge in [-0.1, -0.05) is 17.7 Å². The van der Waals surface area contributed by atoms with E-state index in [0.717, 1.165) is 31.5 Å². The highest BCUT2D eigenvalue weighted by Gasteiger charge is 2.26. The van der Waals surface area contributed by atoms with Gasteiger partial charge in [0.1, 0.15) is 0 Å². The summed E-state index contributed by atoms with van der Waals surface area (Å²) in [5.74, 6) is 1.43. The van der Waals surface area contributed by atoms with Gasteiger partial charge in [0.2, 0.25) is 0 Å². The number of aryl methyl sites for hydroxylation is 1. The predicted molar refractivity (Wildman–Crippen MR) is 70.5 cm³/mol. The minimum Gasteiger partial charge on any atom is -0.338 e. The second kappa shape index (κ2) is 5.54. The topological polar surface area (TPSA) is 20.3 Å². The number of amides is 1. The molecule has 0 spiro atoms. The molecule has 1 saturated heterocycles. The van der Waals surface area contributed by atoms with E-state index in [4.69, 9.17) is 11.6 Å². The van der Waals surface area contributed by atoms with Crippen molar-refractivity contribution in [2.75, 3.05) is 19.0 Å². The quantitative estimate of drug-likeness (QED) is 0.756. The van der Waals surface area contributed by atoms with E-state index >= 15 is 0 Å². The molecular formula is C14H18ClNO. The third kappa shape index (κ3) is 3.01. The van der Waals surface area contributed by atoms with Gasteiger partial charge in [-0.3, -0.25) is 4.79 Å². The molecule has 0 saturated carbocycles. The van der Waals surface area contributed by atoms with E-state index in [-0.39, 0.29) is 5.91 Å². The first kappa shape index (κ1) is 12.4. The lowest BCUT2D eigenvalue weighted by molar-refractivity contribution is 0.0787. The molecular weight excluding hydrogens is 234 g/mol. The largest absolute Gasteiger partial charge is 0.338 e. The van der Waals surface area contributed by atoms with Crippen molar-refractivity contribution < 1.29 is 4.79 Å². The molecule has 1 aromatic rings. The molecule has 1 heterocycles. The number of halogens is 1. The molecule has 0 bridgehead atoms. The average Bonchev–Trinajstić information content (AvgIpc) is 2.78. The van der Waals surface area contributed by atoms with Crippen LogP contribution in [0.1, 0.15) is 28.8 Å². The van der Waals surface area contributed by atoms with Crippen molar-refractivity contribution in [3.8, 4) is 0 Å². The number of likely N-dealkylation sites (tertiary alicyclic amines) is 1. The van der Waals surface area contributed by atoms with Gasteiger partial charge in [-0.15, -0.1) is 11.6 Å². The SMILES string of the molecule is Cc1ccc(C(=O)N2CCC(CCCl)C2)cc1. The number of rotatable bonds is 3. The highest BCUT2D eigenvalue weighted by atomic mass is 35.5. The zero-order valence-electron chi connectivity index (χ0n) is 10.2. The monoisotopic (exact) mass is 251 g/mol. The van der Waals surface area contributed by atoms with Crippen LogP contribution in [0.25, 0.3) is 0 Å². The van der Waals surface area contributed by atoms with Crippen LogP contribution in [0.5, 0.6) is 0 Å². The molecule has 1 atom stereocenters. The summed E-state index contributed by atoms with van der Waals surface area (Å²) in [5, 5.41) is 0. The number of hydrogen-bond acceptors (Lipinski definition) is 1. The maximum atomic E-state index is 12.2. The van der Waals surface area contributed by atoms with Gasteiger partial charge in [-0.25, -0.2) is 0 Å². The molecule has 1 fully saturated rings. The zero-order chi connectivity index (χ0) is 12.3. The fourth-order valence-corrected chi connectivity index (χ4v) is 2.59. The summed E-state index contributed by atoms with van der Waals surface area (Å²) in [6.07, 6.45) is 2.10. The molecule has 0 radical (unpaired) electrons. The van der Waals surface area contributed by atoms with Crippen LogP contribution in [0.4, 0.5) is 0 Å². The van der Waals surface area contributed by atoms with Crippen molar-refractivity contribution in [3.63, 3.8) is 0 Å². The van der Waals surface area contributed by atoms with Crippen LogP contribution in [-0.4, -0.2) is 29.8 Å². The zero-order valence-corrected chi connectivity index (χ0v) is 10.9. The number of carbonyl (C=O) groups excluding carboxylic acids is 1. The summed E-state index contributed by atoms with van der Waals surface area (Å²) in [4.78, 5) is 14.1. The molecule has 0 aromatic heterocycles. The van der Waals surface area contributed by atoms with Gasteiger partial charge < -0.3 is 4.90 Å². The first-order valence-corrected chi connectivity index (χ1v) is 6.66. The molecule has 17 heavy (non-hydrogen) atoms. The second-order valence-corrected chi connectivity index (χ2v) is 5.13. The lowest BCUT2D eigenvalue weighted by Crippen LogP contribution is -2.28. The van der Waals surface area contributed by atoms with E-state index in [2.05, 4.69) is 0 Å². The van der Waals surface area contributed by atoms with Gasteiger partial charge in [0.25, 0.3) is 5.91 Å². The maximum Gasteiger partial charge on any atom is 0.253 e. The third-order valence-electron chi connectivity index (χ3n) is 3.39. The number of carbonyl (C=O) groups is 1. The highest BCUT2D eigenvalue weighted by Crippen LogP contribution is 2.21. The van der Waals surface area contributed by atoms with Gasteiger partial charge in [-0.2, -0.15) is 0 Å². The number of nitrogens with zero attached hydrogens (tertiary/aromatic N) is 1. The Bertz CT molecular complexity index is 388. The molecule has 1 aliphatic rings. The molecule has 3 heteroatoms. The summed E-state index contributed by atoms with van der Waals surface area (Å²) in [6.45, 7) is 3.76. The number of alkyl halides is 1. The molecule has 92 valence electrons. The summed E-state index contributed by atoms with van der Waals surface area (Å²) in [5.41, 5.74) is 1.98. The van der Waals surface area contributed by atoms with Crippen LogP contribution in [0.15, 0.2) is 24.3 Å². The standard InChI is InChI=1S/C14H18ClNO/c1-11-2-4-13(5-3-11)14(17)16-9-7-12(10-16)6-8-15/h2-5,12H,6-10H2,1H3. The smallest absolute Gasteiger partial charge is 0.253 e. The van der Waals surface area contributed by atoms with E-state index in [1.807, 2.05) is 36.1 Å². The minimum atomic E-state index is 0.155. The van der Waals surface area contributed by atoms with E-state index in [0.29, 0.717) is 11.8 Å². The van der Waals surface area contributed by atoms with E-state index in [1.165, 1.54) is 5.56 Å². The number of benzene rings is 1. The van der Waals surface area contributed by atoms with Gasteiger partial charge in [0.05, 0.1) is 0 Å². The van der Waals surface area contributed by atoms with Gasteiger partial charge in [0, 0.05) is 24.5 Å². The summed E-state index contributed by atoms with van der Waals surface area (Å²) < 4.78 is 0. The Labute approximate surface area is 108 Å². The summed E-state index contributed by atoms with van der Waals surface area (Å²) in [6, 6.07) is 7.79. The van der Waals surface area contributed by atoms with Crippen molar-refractivity contribution in [1.29, 1.82) is 0 Å². The third-order valence-corrected chi connectivity index (χ3v) is 3.61. The molecule has 1 aromatic carbocycles. The van der Waals surface area contributed by atoms with Crippen LogP contribution in [0, 0.1) is 12.8 Å². The molecule has 0 N–H and O–H groups in total. The van der Waals surface area contributed by atoms with Crippen LogP contribution >= 0.6 is 11.6 Å². The second-order valence-electron chi connectivity index (χ2n) is 4.75. The molecule has 2 rings (SSSR count). The lowest BCUT2D eigenvalue weighted by atomic mass is 10.1. The molecule has 0 aliphatic carbocycles. The Morgan fingerprint density at radius 2 is 2.12 bits per heavy atom. The Balaban J connectivity index is 1.99. The fourth-order valence-electron chi connectivity index (χ4n) is 2.29. The van der Waals surface area contributed by atoms with E-state index < -0.39 is 0 Å².